The lowest BCUT2D eigenvalue weighted by Gasteiger charge is -2.33. The molecule has 0 aromatic carbocycles. The van der Waals surface area contributed by atoms with Crippen molar-refractivity contribution in [1.29, 1.82) is 0 Å². The van der Waals surface area contributed by atoms with E-state index in [0.29, 0.717) is 28.5 Å². The van der Waals surface area contributed by atoms with E-state index in [1.54, 1.807) is 0 Å². The van der Waals surface area contributed by atoms with Crippen LogP contribution in [0.25, 0.3) is 10.2 Å². The summed E-state index contributed by atoms with van der Waals surface area (Å²) in [5, 5.41) is 3.97. The summed E-state index contributed by atoms with van der Waals surface area (Å²) in [6.07, 6.45) is 1.75. The SMILES string of the molecule is CCCc1cc(N2CCNC(C(=O)OC)C2)nc2sc(C(N)=O)c(N)c12. The smallest absolute Gasteiger partial charge is 0.324 e. The summed E-state index contributed by atoms with van der Waals surface area (Å²) < 4.78 is 4.84. The number of nitrogens with zero attached hydrogens (tertiary/aromatic N) is 2. The first-order valence-electron chi connectivity index (χ1n) is 8.54. The number of nitrogens with one attached hydrogen (secondary N) is 1. The molecule has 3 heterocycles. The topological polar surface area (TPSA) is 124 Å². The number of carbonyl (C=O) groups excluding carboxylic acids is 2. The largest absolute Gasteiger partial charge is 0.468 e. The number of nitrogen functional groups attached to an aromatic ring is 1. The van der Waals surface area contributed by atoms with Crippen LogP contribution in [0.2, 0.25) is 0 Å². The summed E-state index contributed by atoms with van der Waals surface area (Å²) >= 11 is 1.22. The predicted molar refractivity (Wildman–Crippen MR) is 103 cm³/mol. The lowest BCUT2D eigenvalue weighted by Crippen LogP contribution is -2.54. The Morgan fingerprint density at radius 2 is 2.27 bits per heavy atom. The van der Waals surface area contributed by atoms with Crippen LogP contribution in [0.3, 0.4) is 0 Å². The van der Waals surface area contributed by atoms with E-state index in [1.165, 1.54) is 18.4 Å². The molecule has 0 aliphatic carbocycles. The molecule has 5 N–H and O–H groups in total. The Kier molecular flexibility index (Phi) is 5.28. The minimum Gasteiger partial charge on any atom is -0.468 e. The van der Waals surface area contributed by atoms with E-state index in [0.717, 1.165) is 36.2 Å². The summed E-state index contributed by atoms with van der Waals surface area (Å²) in [4.78, 5) is 31.3. The standard InChI is InChI=1S/C17H23N5O3S/c1-3-4-9-7-11(22-6-5-20-10(8-22)17(24)25-2)21-16-12(9)13(18)14(26-16)15(19)23/h7,10,20H,3-6,8,18H2,1-2H3,(H2,19,23). The highest BCUT2D eigenvalue weighted by molar-refractivity contribution is 7.21. The van der Waals surface area contributed by atoms with Crippen molar-refractivity contribution in [3.05, 3.63) is 16.5 Å². The number of esters is 1. The number of hydrogen-bond acceptors (Lipinski definition) is 8. The minimum absolute atomic E-state index is 0.291. The Morgan fingerprint density at radius 1 is 1.50 bits per heavy atom. The third-order valence-electron chi connectivity index (χ3n) is 4.50. The molecule has 1 fully saturated rings. The Morgan fingerprint density at radius 3 is 2.92 bits per heavy atom. The highest BCUT2D eigenvalue weighted by atomic mass is 32.1. The molecule has 0 spiro atoms. The number of rotatable bonds is 5. The Balaban J connectivity index is 2.03. The van der Waals surface area contributed by atoms with Crippen molar-refractivity contribution in [3.63, 3.8) is 0 Å². The number of primary amides is 1. The van der Waals surface area contributed by atoms with Crippen molar-refractivity contribution in [2.24, 2.45) is 5.73 Å². The molecule has 0 bridgehead atoms. The molecule has 1 unspecified atom stereocenters. The summed E-state index contributed by atoms with van der Waals surface area (Å²) in [7, 11) is 1.38. The van der Waals surface area contributed by atoms with Crippen LogP contribution in [0.15, 0.2) is 6.07 Å². The number of methoxy groups -OCH3 is 1. The van der Waals surface area contributed by atoms with E-state index in [9.17, 15) is 9.59 Å². The van der Waals surface area contributed by atoms with Crippen molar-refractivity contribution in [2.75, 3.05) is 37.4 Å². The monoisotopic (exact) mass is 377 g/mol. The number of aromatic nitrogens is 1. The van der Waals surface area contributed by atoms with Crippen LogP contribution in [-0.4, -0.2) is 49.6 Å². The molecule has 1 aliphatic rings. The minimum atomic E-state index is -0.539. The van der Waals surface area contributed by atoms with Gasteiger partial charge in [0.1, 0.15) is 21.6 Å². The number of aryl methyl sites for hydroxylation is 1. The maximum atomic E-state index is 11.9. The van der Waals surface area contributed by atoms with E-state index in [-0.39, 0.29) is 5.97 Å². The van der Waals surface area contributed by atoms with Gasteiger partial charge >= 0.3 is 5.97 Å². The number of anilines is 2. The second kappa shape index (κ2) is 7.46. The van der Waals surface area contributed by atoms with Crippen molar-refractivity contribution in [3.8, 4) is 0 Å². The quantitative estimate of drug-likeness (QED) is 0.661. The van der Waals surface area contributed by atoms with E-state index in [4.69, 9.17) is 21.2 Å². The zero-order valence-corrected chi connectivity index (χ0v) is 15.7. The summed E-state index contributed by atoms with van der Waals surface area (Å²) in [6, 6.07) is 1.61. The summed E-state index contributed by atoms with van der Waals surface area (Å²) in [6.45, 7) is 3.94. The zero-order chi connectivity index (χ0) is 18.8. The molecule has 2 aromatic rings. The van der Waals surface area contributed by atoms with Crippen molar-refractivity contribution in [2.45, 2.75) is 25.8 Å². The maximum Gasteiger partial charge on any atom is 0.324 e. The lowest BCUT2D eigenvalue weighted by atomic mass is 10.1. The van der Waals surface area contributed by atoms with E-state index in [2.05, 4.69) is 17.1 Å². The number of hydrogen-bond donors (Lipinski definition) is 3. The normalized spacial score (nSPS) is 17.5. The predicted octanol–water partition coefficient (Wildman–Crippen LogP) is 0.881. The number of amides is 1. The van der Waals surface area contributed by atoms with Gasteiger partial charge in [0.05, 0.1) is 12.8 Å². The van der Waals surface area contributed by atoms with Gasteiger partial charge in [0.2, 0.25) is 0 Å². The molecule has 2 aromatic heterocycles. The van der Waals surface area contributed by atoms with Gasteiger partial charge < -0.3 is 26.4 Å². The number of piperazine rings is 1. The van der Waals surface area contributed by atoms with Gasteiger partial charge in [0, 0.05) is 25.0 Å². The van der Waals surface area contributed by atoms with Gasteiger partial charge in [-0.2, -0.15) is 0 Å². The fourth-order valence-corrected chi connectivity index (χ4v) is 4.24. The molecular weight excluding hydrogens is 354 g/mol. The average Bonchev–Trinajstić information content (AvgIpc) is 2.98. The van der Waals surface area contributed by atoms with Crippen LogP contribution in [0.1, 0.15) is 28.6 Å². The number of nitrogens with two attached hydrogens (primary N) is 2. The van der Waals surface area contributed by atoms with E-state index in [1.807, 2.05) is 6.07 Å². The van der Waals surface area contributed by atoms with Gasteiger partial charge in [0.25, 0.3) is 5.91 Å². The van der Waals surface area contributed by atoms with Gasteiger partial charge in [-0.1, -0.05) is 13.3 Å². The lowest BCUT2D eigenvalue weighted by molar-refractivity contribution is -0.143. The van der Waals surface area contributed by atoms with Crippen molar-refractivity contribution in [1.82, 2.24) is 10.3 Å². The highest BCUT2D eigenvalue weighted by Gasteiger charge is 2.28. The molecule has 140 valence electrons. The Hall–Kier alpha value is -2.39. The third-order valence-corrected chi connectivity index (χ3v) is 5.61. The number of ether oxygens (including phenoxy) is 1. The molecule has 0 saturated carbocycles. The highest BCUT2D eigenvalue weighted by Crippen LogP contribution is 2.37. The molecule has 1 saturated heterocycles. The van der Waals surface area contributed by atoms with Gasteiger partial charge in [-0.3, -0.25) is 9.59 Å². The molecule has 8 nitrogen and oxygen atoms in total. The molecule has 26 heavy (non-hydrogen) atoms. The second-order valence-corrected chi connectivity index (χ2v) is 7.25. The number of carbonyl (C=O) groups is 2. The molecule has 0 radical (unpaired) electrons. The molecule has 3 rings (SSSR count). The first-order chi connectivity index (χ1) is 12.5. The van der Waals surface area contributed by atoms with Crippen LogP contribution < -0.4 is 21.7 Å². The van der Waals surface area contributed by atoms with Gasteiger partial charge in [-0.05, 0) is 18.1 Å². The molecule has 9 heteroatoms. The number of fused-ring (bicyclic) bond motifs is 1. The van der Waals surface area contributed by atoms with Crippen LogP contribution in [0, 0.1) is 0 Å². The van der Waals surface area contributed by atoms with Gasteiger partial charge in [-0.25, -0.2) is 4.98 Å². The molecule has 1 amide bonds. The second-order valence-electron chi connectivity index (χ2n) is 6.25. The van der Waals surface area contributed by atoms with Gasteiger partial charge in [0.15, 0.2) is 0 Å². The molecule has 1 aliphatic heterocycles. The van der Waals surface area contributed by atoms with E-state index < -0.39 is 11.9 Å². The van der Waals surface area contributed by atoms with E-state index >= 15 is 0 Å². The van der Waals surface area contributed by atoms with Crippen LogP contribution in [0.5, 0.6) is 0 Å². The summed E-state index contributed by atoms with van der Waals surface area (Å²) in [5.74, 6) is -0.0583. The van der Waals surface area contributed by atoms with Crippen molar-refractivity contribution >= 4 is 44.9 Å². The van der Waals surface area contributed by atoms with Crippen LogP contribution >= 0.6 is 11.3 Å². The number of pyridine rings is 1. The Labute approximate surface area is 155 Å². The molecular formula is C17H23N5O3S. The zero-order valence-electron chi connectivity index (χ0n) is 14.9. The van der Waals surface area contributed by atoms with Gasteiger partial charge in [-0.15, -0.1) is 11.3 Å². The first-order valence-corrected chi connectivity index (χ1v) is 9.35. The Bertz CT molecular complexity index is 851. The average molecular weight is 377 g/mol. The molecule has 1 atom stereocenters. The maximum absolute atomic E-state index is 11.9. The first kappa shape index (κ1) is 18.4. The fraction of sp³-hybridized carbons (Fsp3) is 0.471. The van der Waals surface area contributed by atoms with Crippen molar-refractivity contribution < 1.29 is 14.3 Å². The third kappa shape index (κ3) is 3.32. The fourth-order valence-electron chi connectivity index (χ4n) is 3.25. The van der Waals surface area contributed by atoms with Crippen LogP contribution in [0.4, 0.5) is 11.5 Å². The summed E-state index contributed by atoms with van der Waals surface area (Å²) in [5.41, 5.74) is 13.1. The van der Waals surface area contributed by atoms with Crippen LogP contribution in [-0.2, 0) is 16.0 Å². The number of thiophene rings is 1.